The third kappa shape index (κ3) is 6.38. The molecule has 1 unspecified atom stereocenters. The Morgan fingerprint density at radius 3 is 2.76 bits per heavy atom. The van der Waals surface area contributed by atoms with Gasteiger partial charge in [0.05, 0.1) is 6.61 Å². The number of ether oxygens (including phenoxy) is 1. The van der Waals surface area contributed by atoms with Gasteiger partial charge in [-0.05, 0) is 44.2 Å². The van der Waals surface area contributed by atoms with Crippen molar-refractivity contribution in [1.82, 2.24) is 15.5 Å². The molecule has 0 spiro atoms. The lowest BCUT2D eigenvalue weighted by molar-refractivity contribution is -0.135. The zero-order valence-electron chi connectivity index (χ0n) is 18.0. The number of carbonyl (C=O) groups is 1. The SMILES string of the molecule is CN=C(NCCCOc1ccccc1C)NC1CCN(C(=O)C2CCCCC2)C1. The Hall–Kier alpha value is -2.24. The van der Waals surface area contributed by atoms with Crippen molar-refractivity contribution in [2.75, 3.05) is 33.3 Å². The van der Waals surface area contributed by atoms with E-state index in [-0.39, 0.29) is 12.0 Å². The summed E-state index contributed by atoms with van der Waals surface area (Å²) < 4.78 is 5.84. The van der Waals surface area contributed by atoms with Crippen LogP contribution in [0.4, 0.5) is 0 Å². The van der Waals surface area contributed by atoms with Crippen LogP contribution in [0.1, 0.15) is 50.5 Å². The van der Waals surface area contributed by atoms with Gasteiger partial charge >= 0.3 is 0 Å². The number of nitrogens with zero attached hydrogens (tertiary/aromatic N) is 2. The molecular weight excluding hydrogens is 364 g/mol. The zero-order chi connectivity index (χ0) is 20.5. The van der Waals surface area contributed by atoms with Gasteiger partial charge in [0.25, 0.3) is 0 Å². The van der Waals surface area contributed by atoms with Crippen LogP contribution in [0.2, 0.25) is 0 Å². The van der Waals surface area contributed by atoms with Gasteiger partial charge in [0.1, 0.15) is 5.75 Å². The lowest BCUT2D eigenvalue weighted by Crippen LogP contribution is -2.46. The van der Waals surface area contributed by atoms with Gasteiger partial charge < -0.3 is 20.3 Å². The molecule has 3 rings (SSSR count). The minimum Gasteiger partial charge on any atom is -0.493 e. The van der Waals surface area contributed by atoms with Gasteiger partial charge in [0.15, 0.2) is 5.96 Å². The van der Waals surface area contributed by atoms with Crippen molar-refractivity contribution in [1.29, 1.82) is 0 Å². The molecule has 0 aromatic heterocycles. The first kappa shape index (κ1) is 21.5. The summed E-state index contributed by atoms with van der Waals surface area (Å²) in [6.45, 7) is 5.16. The molecule has 1 aromatic rings. The molecule has 0 bridgehead atoms. The van der Waals surface area contributed by atoms with Crippen molar-refractivity contribution in [2.24, 2.45) is 10.9 Å². The van der Waals surface area contributed by atoms with E-state index >= 15 is 0 Å². The zero-order valence-corrected chi connectivity index (χ0v) is 18.0. The summed E-state index contributed by atoms with van der Waals surface area (Å²) in [5.74, 6) is 2.38. The Morgan fingerprint density at radius 2 is 2.00 bits per heavy atom. The third-order valence-electron chi connectivity index (χ3n) is 5.98. The molecule has 1 aliphatic heterocycles. The molecule has 1 saturated carbocycles. The largest absolute Gasteiger partial charge is 0.493 e. The number of guanidine groups is 1. The lowest BCUT2D eigenvalue weighted by atomic mass is 9.88. The van der Waals surface area contributed by atoms with Crippen LogP contribution in [-0.2, 0) is 4.79 Å². The van der Waals surface area contributed by atoms with Gasteiger partial charge in [0.2, 0.25) is 5.91 Å². The second-order valence-electron chi connectivity index (χ2n) is 8.22. The molecule has 1 heterocycles. The summed E-state index contributed by atoms with van der Waals surface area (Å²) in [5, 5.41) is 6.84. The number of benzene rings is 1. The maximum atomic E-state index is 12.7. The summed E-state index contributed by atoms with van der Waals surface area (Å²) in [6, 6.07) is 8.35. The van der Waals surface area contributed by atoms with E-state index in [1.807, 2.05) is 18.2 Å². The number of aryl methyl sites for hydroxylation is 1. The second-order valence-corrected chi connectivity index (χ2v) is 8.22. The van der Waals surface area contributed by atoms with Crippen molar-refractivity contribution in [3.05, 3.63) is 29.8 Å². The Morgan fingerprint density at radius 1 is 1.21 bits per heavy atom. The van der Waals surface area contributed by atoms with Gasteiger partial charge in [-0.15, -0.1) is 0 Å². The second kappa shape index (κ2) is 11.1. The van der Waals surface area contributed by atoms with Crippen LogP contribution in [0, 0.1) is 12.8 Å². The van der Waals surface area contributed by atoms with Crippen LogP contribution in [0.15, 0.2) is 29.3 Å². The number of carbonyl (C=O) groups excluding carboxylic acids is 1. The Kier molecular flexibility index (Phi) is 8.20. The molecule has 6 heteroatoms. The first-order chi connectivity index (χ1) is 14.2. The van der Waals surface area contributed by atoms with Crippen LogP contribution in [0.5, 0.6) is 5.75 Å². The topological polar surface area (TPSA) is 66.0 Å². The van der Waals surface area contributed by atoms with Crippen molar-refractivity contribution in [3.8, 4) is 5.75 Å². The molecular formula is C23H36N4O2. The Labute approximate surface area is 175 Å². The molecule has 1 amide bonds. The van der Waals surface area contributed by atoms with Crippen molar-refractivity contribution in [3.63, 3.8) is 0 Å². The number of aliphatic imine (C=N–C) groups is 1. The molecule has 1 aliphatic carbocycles. The molecule has 2 fully saturated rings. The van der Waals surface area contributed by atoms with Crippen LogP contribution < -0.4 is 15.4 Å². The number of para-hydroxylation sites is 1. The molecule has 2 aliphatic rings. The molecule has 29 heavy (non-hydrogen) atoms. The Balaban J connectivity index is 1.34. The first-order valence-electron chi connectivity index (χ1n) is 11.1. The maximum absolute atomic E-state index is 12.7. The van der Waals surface area contributed by atoms with Gasteiger partial charge in [-0.1, -0.05) is 37.5 Å². The highest BCUT2D eigenvalue weighted by Crippen LogP contribution is 2.26. The normalized spacial score (nSPS) is 20.6. The number of likely N-dealkylation sites (tertiary alicyclic amines) is 1. The molecule has 2 N–H and O–H groups in total. The van der Waals surface area contributed by atoms with Gasteiger partial charge in [-0.3, -0.25) is 9.79 Å². The van der Waals surface area contributed by atoms with Crippen LogP contribution in [-0.4, -0.2) is 56.1 Å². The summed E-state index contributed by atoms with van der Waals surface area (Å²) in [7, 11) is 1.79. The lowest BCUT2D eigenvalue weighted by Gasteiger charge is -2.26. The standard InChI is InChI=1S/C23H36N4O2/c1-18-9-6-7-12-21(18)29-16-8-14-25-23(24-2)26-20-13-15-27(17-20)22(28)19-10-4-3-5-11-19/h6-7,9,12,19-20H,3-5,8,10-11,13-17H2,1-2H3,(H2,24,25,26). The van der Waals surface area contributed by atoms with E-state index < -0.39 is 0 Å². The molecule has 1 atom stereocenters. The van der Waals surface area contributed by atoms with Gasteiger partial charge in [0, 0.05) is 38.6 Å². The minimum absolute atomic E-state index is 0.258. The predicted molar refractivity (Wildman–Crippen MR) is 117 cm³/mol. The van der Waals surface area contributed by atoms with E-state index in [1.165, 1.54) is 19.3 Å². The Bertz CT molecular complexity index is 685. The highest BCUT2D eigenvalue weighted by atomic mass is 16.5. The first-order valence-corrected chi connectivity index (χ1v) is 11.1. The van der Waals surface area contributed by atoms with Crippen LogP contribution in [0.3, 0.4) is 0 Å². The summed E-state index contributed by atoms with van der Waals surface area (Å²) in [6.07, 6.45) is 7.71. The van der Waals surface area contributed by atoms with Crippen molar-refractivity contribution in [2.45, 2.75) is 57.9 Å². The van der Waals surface area contributed by atoms with Gasteiger partial charge in [-0.2, -0.15) is 0 Å². The van der Waals surface area contributed by atoms with E-state index in [9.17, 15) is 4.79 Å². The van der Waals surface area contributed by atoms with E-state index in [2.05, 4.69) is 33.5 Å². The monoisotopic (exact) mass is 400 g/mol. The minimum atomic E-state index is 0.258. The highest BCUT2D eigenvalue weighted by Gasteiger charge is 2.31. The number of hydrogen-bond acceptors (Lipinski definition) is 3. The predicted octanol–water partition coefficient (Wildman–Crippen LogP) is 3.11. The molecule has 160 valence electrons. The van der Waals surface area contributed by atoms with E-state index in [0.29, 0.717) is 12.5 Å². The summed E-state index contributed by atoms with van der Waals surface area (Å²) in [5.41, 5.74) is 1.16. The molecule has 1 saturated heterocycles. The maximum Gasteiger partial charge on any atom is 0.225 e. The van der Waals surface area contributed by atoms with Crippen LogP contribution >= 0.6 is 0 Å². The number of amides is 1. The van der Waals surface area contributed by atoms with E-state index in [4.69, 9.17) is 4.74 Å². The van der Waals surface area contributed by atoms with E-state index in [0.717, 1.165) is 62.6 Å². The molecule has 0 radical (unpaired) electrons. The number of nitrogens with one attached hydrogen (secondary N) is 2. The van der Waals surface area contributed by atoms with Crippen molar-refractivity contribution < 1.29 is 9.53 Å². The van der Waals surface area contributed by atoms with Crippen molar-refractivity contribution >= 4 is 11.9 Å². The highest BCUT2D eigenvalue weighted by molar-refractivity contribution is 5.81. The fourth-order valence-electron chi connectivity index (χ4n) is 4.25. The average Bonchev–Trinajstić information content (AvgIpc) is 3.22. The number of hydrogen-bond donors (Lipinski definition) is 2. The van der Waals surface area contributed by atoms with Gasteiger partial charge in [-0.25, -0.2) is 0 Å². The summed E-state index contributed by atoms with van der Waals surface area (Å²) in [4.78, 5) is 19.1. The average molecular weight is 401 g/mol. The van der Waals surface area contributed by atoms with Crippen LogP contribution in [0.25, 0.3) is 0 Å². The van der Waals surface area contributed by atoms with E-state index in [1.54, 1.807) is 7.05 Å². The fraction of sp³-hybridized carbons (Fsp3) is 0.652. The summed E-state index contributed by atoms with van der Waals surface area (Å²) >= 11 is 0. The molecule has 1 aromatic carbocycles. The quantitative estimate of drug-likeness (QED) is 0.419. The number of rotatable bonds is 7. The smallest absolute Gasteiger partial charge is 0.225 e. The fourth-order valence-corrected chi connectivity index (χ4v) is 4.25. The molecule has 6 nitrogen and oxygen atoms in total. The third-order valence-corrected chi connectivity index (χ3v) is 5.98.